The molecule has 0 aliphatic heterocycles. The summed E-state index contributed by atoms with van der Waals surface area (Å²) in [6.45, 7) is 2.95. The molecule has 0 radical (unpaired) electrons. The van der Waals surface area contributed by atoms with Crippen LogP contribution in [0.5, 0.6) is 0 Å². The molecule has 22 heteroatoms. The van der Waals surface area contributed by atoms with Crippen molar-refractivity contribution in [2.45, 2.75) is 147 Å². The van der Waals surface area contributed by atoms with Gasteiger partial charge in [-0.2, -0.15) is 32.3 Å². The molecule has 1 aromatic heterocycles. The molecule has 1 aromatic carbocycles. The number of halogens is 2. The van der Waals surface area contributed by atoms with E-state index in [1.807, 2.05) is 6.07 Å². The normalized spacial score (nSPS) is 31.3. The molecular formula is C37H51Cl2N7O10S3. The second kappa shape index (κ2) is 20.2. The second-order valence-corrected chi connectivity index (χ2v) is 21.5. The van der Waals surface area contributed by atoms with Gasteiger partial charge in [0.15, 0.2) is 5.82 Å². The van der Waals surface area contributed by atoms with Gasteiger partial charge in [-0.05, 0) is 70.8 Å². The average molecular weight is 921 g/mol. The first-order valence-corrected chi connectivity index (χ1v) is 24.7. The Bertz CT molecular complexity index is 2040. The summed E-state index contributed by atoms with van der Waals surface area (Å²) >= 11 is 14.3. The molecule has 4 aliphatic carbocycles. The predicted molar refractivity (Wildman–Crippen MR) is 221 cm³/mol. The van der Waals surface area contributed by atoms with Gasteiger partial charge >= 0.3 is 0 Å². The summed E-state index contributed by atoms with van der Waals surface area (Å²) in [5.74, 6) is -1.22. The third-order valence-electron chi connectivity index (χ3n) is 12.4. The second-order valence-electron chi connectivity index (χ2n) is 16.0. The number of nitriles is 1. The molecule has 4 saturated carbocycles. The van der Waals surface area contributed by atoms with Crippen molar-refractivity contribution < 1.29 is 45.4 Å². The monoisotopic (exact) mass is 919 g/mol. The van der Waals surface area contributed by atoms with Gasteiger partial charge in [-0.3, -0.25) is 18.8 Å². The molecule has 6 rings (SSSR count). The van der Waals surface area contributed by atoms with Crippen LogP contribution in [0.3, 0.4) is 0 Å². The van der Waals surface area contributed by atoms with Crippen LogP contribution in [0, 0.1) is 17.2 Å². The van der Waals surface area contributed by atoms with Crippen LogP contribution >= 0.6 is 35.2 Å². The molecule has 17 nitrogen and oxygen atoms in total. The van der Waals surface area contributed by atoms with E-state index in [0.717, 1.165) is 38.6 Å². The molecule has 0 spiro atoms. The van der Waals surface area contributed by atoms with E-state index in [2.05, 4.69) is 37.7 Å². The van der Waals surface area contributed by atoms with E-state index in [1.165, 1.54) is 11.1 Å². The molecular weight excluding hydrogens is 870 g/mol. The third-order valence-corrected chi connectivity index (χ3v) is 16.5. The number of hydrogen-bond donors (Lipinski definition) is 4. The van der Waals surface area contributed by atoms with E-state index in [-0.39, 0.29) is 49.5 Å². The molecule has 326 valence electrons. The number of carbonyl (C=O) groups is 1. The van der Waals surface area contributed by atoms with E-state index in [9.17, 15) is 36.0 Å². The summed E-state index contributed by atoms with van der Waals surface area (Å²) in [5.41, 5.74) is 0.989. The first-order chi connectivity index (χ1) is 28.1. The fraction of sp³-hybridized carbons (Fsp3) is 0.703. The van der Waals surface area contributed by atoms with Crippen LogP contribution in [0.25, 0.3) is 11.3 Å². The van der Waals surface area contributed by atoms with Crippen molar-refractivity contribution in [2.24, 2.45) is 16.1 Å². The van der Waals surface area contributed by atoms with E-state index in [0.29, 0.717) is 42.2 Å². The summed E-state index contributed by atoms with van der Waals surface area (Å²) in [6.07, 6.45) is 7.23. The summed E-state index contributed by atoms with van der Waals surface area (Å²) in [4.78, 5) is 16.7. The summed E-state index contributed by atoms with van der Waals surface area (Å²) < 4.78 is 74.6. The molecule has 8 atom stereocenters. The zero-order valence-electron chi connectivity index (χ0n) is 32.5. The van der Waals surface area contributed by atoms with Crippen LogP contribution in [0.15, 0.2) is 40.6 Å². The number of nitrogens with zero attached hydrogens (tertiary/aromatic N) is 6. The van der Waals surface area contributed by atoms with Crippen LogP contribution in [0.1, 0.15) is 102 Å². The van der Waals surface area contributed by atoms with Crippen molar-refractivity contribution in [3.8, 4) is 17.3 Å². The van der Waals surface area contributed by atoms with E-state index in [4.69, 9.17) is 38.7 Å². The lowest BCUT2D eigenvalue weighted by atomic mass is 9.83. The van der Waals surface area contributed by atoms with Gasteiger partial charge in [-0.25, -0.2) is 9.94 Å². The first-order valence-electron chi connectivity index (χ1n) is 20.0. The van der Waals surface area contributed by atoms with Crippen molar-refractivity contribution >= 4 is 67.2 Å². The molecule has 0 bridgehead atoms. The maximum atomic E-state index is 14.2. The lowest BCUT2D eigenvalue weighted by Crippen LogP contribution is -2.55. The van der Waals surface area contributed by atoms with Crippen LogP contribution in [0.4, 0.5) is 5.82 Å². The number of nitrogens with one attached hydrogen (secondary N) is 1. The van der Waals surface area contributed by atoms with Crippen LogP contribution in [0.2, 0.25) is 0 Å². The Morgan fingerprint density at radius 3 is 2.24 bits per heavy atom. The zero-order valence-corrected chi connectivity index (χ0v) is 36.5. The number of hydrogen-bond acceptors (Lipinski definition) is 14. The smallest absolute Gasteiger partial charge is 0.267 e. The average Bonchev–Trinajstić information content (AvgIpc) is 3.57. The van der Waals surface area contributed by atoms with Gasteiger partial charge in [0, 0.05) is 40.9 Å². The largest absolute Gasteiger partial charge is 0.351 e. The third kappa shape index (κ3) is 11.2. The first kappa shape index (κ1) is 46.1. The minimum Gasteiger partial charge on any atom is -0.351 e. The molecule has 4 N–H and O–H groups in total. The number of benzene rings is 1. The lowest BCUT2D eigenvalue weighted by Gasteiger charge is -2.44. The lowest BCUT2D eigenvalue weighted by molar-refractivity contribution is -0.432. The number of carbonyl (C=O) groups excluding carboxylic acids is 1. The number of aromatic nitrogens is 2. The fourth-order valence-corrected chi connectivity index (χ4v) is 13.5. The maximum Gasteiger partial charge on any atom is 0.267 e. The van der Waals surface area contributed by atoms with Gasteiger partial charge in [0.05, 0.1) is 39.4 Å². The Labute approximate surface area is 359 Å². The number of amides is 1. The number of rotatable bonds is 14. The van der Waals surface area contributed by atoms with Crippen molar-refractivity contribution in [3.63, 3.8) is 0 Å². The molecule has 8 unspecified atom stereocenters. The van der Waals surface area contributed by atoms with Gasteiger partial charge < -0.3 is 5.32 Å². The minimum absolute atomic E-state index is 0.0184. The van der Waals surface area contributed by atoms with E-state index < -0.39 is 76.7 Å². The van der Waals surface area contributed by atoms with Crippen molar-refractivity contribution in [2.75, 3.05) is 6.54 Å². The Kier molecular flexibility index (Phi) is 15.8. The quantitative estimate of drug-likeness (QED) is 0.0378. The SMILES string of the molecule is CCN(C1CCCCC1)C1CCC(N=Nc2c(C#N)c(-c3ccccc3)nn2C2C(Cl)CC(S(=O)(=O)O)CC2Cl)C(NC(=O)C2CC(SOOO)CC(S(=O)(=O)O)C2)C1. The van der Waals surface area contributed by atoms with Crippen molar-refractivity contribution in [1.29, 1.82) is 5.26 Å². The van der Waals surface area contributed by atoms with Gasteiger partial charge in [0.1, 0.15) is 17.3 Å². The zero-order chi connectivity index (χ0) is 42.5. The van der Waals surface area contributed by atoms with Gasteiger partial charge in [0.2, 0.25) is 5.91 Å². The predicted octanol–water partition coefficient (Wildman–Crippen LogP) is 6.87. The van der Waals surface area contributed by atoms with E-state index in [1.54, 1.807) is 24.3 Å². The highest BCUT2D eigenvalue weighted by Crippen LogP contribution is 2.44. The number of azo groups is 1. The molecule has 4 fully saturated rings. The molecule has 1 heterocycles. The Morgan fingerprint density at radius 2 is 1.63 bits per heavy atom. The maximum absolute atomic E-state index is 14.2. The summed E-state index contributed by atoms with van der Waals surface area (Å²) in [7, 11) is -8.96. The standard InChI is InChI=1S/C37H51Cl2N7O10S3/c1-2-45(24-11-7-4-8-12-24)25-13-14-32(33(17-25)41-37(47)23-15-26(57-56-55-48)18-27(16-23)58(49,50)51)42-43-36-29(21-40)34(22-9-5-3-6-10-22)44-46(36)35-30(38)19-28(20-31(35)39)59(52,53)54/h3,5-6,9-10,23-28,30-33,35,48H,2,4,7-8,11-20H2,1H3,(H,41,47)(H,49,50,51)(H,52,53,54). The van der Waals surface area contributed by atoms with Gasteiger partial charge in [-0.1, -0.05) is 61.6 Å². The molecule has 4 aliphatic rings. The molecule has 59 heavy (non-hydrogen) atoms. The highest BCUT2D eigenvalue weighted by Gasteiger charge is 2.45. The Balaban J connectivity index is 1.35. The molecule has 1 amide bonds. The minimum atomic E-state index is -4.51. The van der Waals surface area contributed by atoms with E-state index >= 15 is 0 Å². The summed E-state index contributed by atoms with van der Waals surface area (Å²) in [6, 6.07) is 9.68. The van der Waals surface area contributed by atoms with Crippen molar-refractivity contribution in [3.05, 3.63) is 35.9 Å². The fourth-order valence-electron chi connectivity index (χ4n) is 9.49. The highest BCUT2D eigenvalue weighted by molar-refractivity contribution is 7.95. The van der Waals surface area contributed by atoms with Gasteiger partial charge in [-0.15, -0.1) is 32.6 Å². The molecule has 0 saturated heterocycles. The van der Waals surface area contributed by atoms with Crippen LogP contribution in [-0.2, 0) is 34.4 Å². The van der Waals surface area contributed by atoms with Gasteiger partial charge in [0.25, 0.3) is 20.2 Å². The summed E-state index contributed by atoms with van der Waals surface area (Å²) in [5, 5.41) is 35.6. The van der Waals surface area contributed by atoms with Crippen LogP contribution < -0.4 is 5.32 Å². The highest BCUT2D eigenvalue weighted by atomic mass is 35.5. The molecule has 2 aromatic rings. The Morgan fingerprint density at radius 1 is 0.966 bits per heavy atom. The van der Waals surface area contributed by atoms with Crippen molar-refractivity contribution in [1.82, 2.24) is 20.0 Å². The van der Waals surface area contributed by atoms with Crippen LogP contribution in [-0.4, -0.2) is 109 Å². The Hall–Kier alpha value is -2.42. The number of alkyl halides is 2. The topological polar surface area (TPSA) is 246 Å².